The number of benzene rings is 1. The first kappa shape index (κ1) is 14.1. The van der Waals surface area contributed by atoms with E-state index in [1.54, 1.807) is 0 Å². The van der Waals surface area contributed by atoms with Gasteiger partial charge in [0.25, 0.3) is 11.6 Å². The van der Waals surface area contributed by atoms with Crippen LogP contribution in [0.5, 0.6) is 0 Å². The lowest BCUT2D eigenvalue weighted by Gasteiger charge is -2.05. The number of unbranched alkanes of at least 4 members (excludes halogenated alkanes) is 2. The maximum atomic E-state index is 13.4. The monoisotopic (exact) mass is 254 g/mol. The molecule has 0 radical (unpaired) electrons. The van der Waals surface area contributed by atoms with Crippen LogP contribution < -0.4 is 5.32 Å². The highest BCUT2D eigenvalue weighted by molar-refractivity contribution is 5.95. The van der Waals surface area contributed by atoms with E-state index in [0.717, 1.165) is 37.5 Å². The van der Waals surface area contributed by atoms with Gasteiger partial charge >= 0.3 is 0 Å². The van der Waals surface area contributed by atoms with Crippen molar-refractivity contribution in [3.63, 3.8) is 0 Å². The second kappa shape index (κ2) is 6.68. The number of carbonyl (C=O) groups is 1. The number of nitro groups is 1. The third kappa shape index (κ3) is 3.80. The largest absolute Gasteiger partial charge is 0.352 e. The first-order valence-electron chi connectivity index (χ1n) is 5.78. The molecule has 0 aliphatic heterocycles. The van der Waals surface area contributed by atoms with E-state index in [4.69, 9.17) is 0 Å². The number of nitrogens with zero attached hydrogens (tertiary/aromatic N) is 1. The summed E-state index contributed by atoms with van der Waals surface area (Å²) in [5.74, 6) is -1.37. The molecular weight excluding hydrogens is 239 g/mol. The minimum absolute atomic E-state index is 0.291. The van der Waals surface area contributed by atoms with Gasteiger partial charge in [0.05, 0.1) is 10.5 Å². The number of hydrogen-bond donors (Lipinski definition) is 1. The van der Waals surface area contributed by atoms with Gasteiger partial charge in [0.15, 0.2) is 0 Å². The molecule has 18 heavy (non-hydrogen) atoms. The van der Waals surface area contributed by atoms with Gasteiger partial charge in [0.2, 0.25) is 0 Å². The molecule has 6 heteroatoms. The van der Waals surface area contributed by atoms with Crippen LogP contribution in [0.2, 0.25) is 0 Å². The lowest BCUT2D eigenvalue weighted by molar-refractivity contribution is -0.384. The lowest BCUT2D eigenvalue weighted by atomic mass is 10.1. The molecule has 0 spiro atoms. The highest BCUT2D eigenvalue weighted by Crippen LogP contribution is 2.16. The van der Waals surface area contributed by atoms with Crippen LogP contribution in [-0.4, -0.2) is 17.4 Å². The molecule has 0 unspecified atom stereocenters. The highest BCUT2D eigenvalue weighted by atomic mass is 19.1. The SMILES string of the molecule is CCCCCNC(=O)c1cc([N+](=O)[O-])ccc1F. The maximum absolute atomic E-state index is 13.4. The summed E-state index contributed by atoms with van der Waals surface area (Å²) in [4.78, 5) is 21.5. The zero-order valence-electron chi connectivity index (χ0n) is 10.1. The molecule has 0 fully saturated rings. The minimum Gasteiger partial charge on any atom is -0.352 e. The molecular formula is C12H15FN2O3. The molecule has 98 valence electrons. The summed E-state index contributed by atoms with van der Waals surface area (Å²) in [5, 5.41) is 13.1. The molecule has 0 aromatic heterocycles. The zero-order chi connectivity index (χ0) is 13.5. The van der Waals surface area contributed by atoms with Crippen LogP contribution in [0.3, 0.4) is 0 Å². The fourth-order valence-corrected chi connectivity index (χ4v) is 1.47. The Morgan fingerprint density at radius 1 is 1.44 bits per heavy atom. The van der Waals surface area contributed by atoms with Crippen LogP contribution in [0.15, 0.2) is 18.2 Å². The number of amides is 1. The quantitative estimate of drug-likeness (QED) is 0.482. The van der Waals surface area contributed by atoms with Crippen molar-refractivity contribution in [2.75, 3.05) is 6.54 Å². The van der Waals surface area contributed by atoms with Gasteiger partial charge in [0.1, 0.15) is 5.82 Å². The standard InChI is InChI=1S/C12H15FN2O3/c1-2-3-4-7-14-12(16)10-8-9(15(17)18)5-6-11(10)13/h5-6,8H,2-4,7H2,1H3,(H,14,16). The molecule has 1 amide bonds. The van der Waals surface area contributed by atoms with E-state index in [1.165, 1.54) is 0 Å². The number of nitro benzene ring substituents is 1. The smallest absolute Gasteiger partial charge is 0.270 e. The second-order valence-corrected chi connectivity index (χ2v) is 3.88. The van der Waals surface area contributed by atoms with E-state index < -0.39 is 16.6 Å². The Labute approximate surface area is 104 Å². The van der Waals surface area contributed by atoms with Crippen molar-refractivity contribution in [2.45, 2.75) is 26.2 Å². The fraction of sp³-hybridized carbons (Fsp3) is 0.417. The Bertz CT molecular complexity index is 449. The maximum Gasteiger partial charge on any atom is 0.270 e. The number of nitrogens with one attached hydrogen (secondary N) is 1. The second-order valence-electron chi connectivity index (χ2n) is 3.88. The van der Waals surface area contributed by atoms with Crippen molar-refractivity contribution >= 4 is 11.6 Å². The van der Waals surface area contributed by atoms with Crippen LogP contribution in [0.4, 0.5) is 10.1 Å². The van der Waals surface area contributed by atoms with Crippen molar-refractivity contribution < 1.29 is 14.1 Å². The van der Waals surface area contributed by atoms with Crippen molar-refractivity contribution in [2.24, 2.45) is 0 Å². The van der Waals surface area contributed by atoms with E-state index in [1.807, 2.05) is 6.92 Å². The Morgan fingerprint density at radius 2 is 2.17 bits per heavy atom. The van der Waals surface area contributed by atoms with E-state index in [0.29, 0.717) is 6.54 Å². The third-order valence-electron chi connectivity index (χ3n) is 2.47. The van der Waals surface area contributed by atoms with Gasteiger partial charge in [-0.05, 0) is 12.5 Å². The highest BCUT2D eigenvalue weighted by Gasteiger charge is 2.16. The molecule has 1 N–H and O–H groups in total. The van der Waals surface area contributed by atoms with Gasteiger partial charge in [0, 0.05) is 18.7 Å². The molecule has 0 atom stereocenters. The Hall–Kier alpha value is -1.98. The molecule has 1 rings (SSSR count). The number of non-ortho nitro benzene ring substituents is 1. The van der Waals surface area contributed by atoms with Crippen molar-refractivity contribution in [3.05, 3.63) is 39.7 Å². The lowest BCUT2D eigenvalue weighted by Crippen LogP contribution is -2.25. The Balaban J connectivity index is 2.72. The van der Waals surface area contributed by atoms with Gasteiger partial charge in [-0.15, -0.1) is 0 Å². The van der Waals surface area contributed by atoms with Crippen molar-refractivity contribution in [1.82, 2.24) is 5.32 Å². The van der Waals surface area contributed by atoms with E-state index in [9.17, 15) is 19.3 Å². The molecule has 0 saturated heterocycles. The molecule has 0 aliphatic carbocycles. The van der Waals surface area contributed by atoms with E-state index in [-0.39, 0.29) is 11.3 Å². The Kier molecular flexibility index (Phi) is 5.23. The topological polar surface area (TPSA) is 72.2 Å². The summed E-state index contributed by atoms with van der Waals surface area (Å²) in [6.45, 7) is 2.47. The fourth-order valence-electron chi connectivity index (χ4n) is 1.47. The summed E-state index contributed by atoms with van der Waals surface area (Å²) in [7, 11) is 0. The number of hydrogen-bond acceptors (Lipinski definition) is 3. The Morgan fingerprint density at radius 3 is 2.78 bits per heavy atom. The zero-order valence-corrected chi connectivity index (χ0v) is 10.1. The number of rotatable bonds is 6. The molecule has 0 heterocycles. The summed E-state index contributed by atoms with van der Waals surface area (Å²) in [5.41, 5.74) is -0.587. The molecule has 1 aromatic carbocycles. The van der Waals surface area contributed by atoms with Gasteiger partial charge in [-0.2, -0.15) is 0 Å². The van der Waals surface area contributed by atoms with E-state index >= 15 is 0 Å². The van der Waals surface area contributed by atoms with Crippen LogP contribution in [0.25, 0.3) is 0 Å². The molecule has 1 aromatic rings. The van der Waals surface area contributed by atoms with E-state index in [2.05, 4.69) is 5.32 Å². The summed E-state index contributed by atoms with van der Waals surface area (Å²) in [6.07, 6.45) is 2.79. The minimum atomic E-state index is -0.756. The number of halogens is 1. The normalized spacial score (nSPS) is 10.1. The van der Waals surface area contributed by atoms with Gasteiger partial charge in [-0.1, -0.05) is 19.8 Å². The average molecular weight is 254 g/mol. The third-order valence-corrected chi connectivity index (χ3v) is 2.47. The predicted molar refractivity (Wildman–Crippen MR) is 64.9 cm³/mol. The van der Waals surface area contributed by atoms with Crippen LogP contribution >= 0.6 is 0 Å². The first-order chi connectivity index (χ1) is 8.56. The molecule has 0 aliphatic rings. The summed E-state index contributed by atoms with van der Waals surface area (Å²) >= 11 is 0. The van der Waals surface area contributed by atoms with Crippen LogP contribution in [-0.2, 0) is 0 Å². The predicted octanol–water partition coefficient (Wildman–Crippen LogP) is 2.65. The van der Waals surface area contributed by atoms with Gasteiger partial charge in [-0.25, -0.2) is 4.39 Å². The molecule has 5 nitrogen and oxygen atoms in total. The summed E-state index contributed by atoms with van der Waals surface area (Å²) in [6, 6.07) is 2.91. The summed E-state index contributed by atoms with van der Waals surface area (Å²) < 4.78 is 13.4. The molecule has 0 bridgehead atoms. The van der Waals surface area contributed by atoms with Crippen molar-refractivity contribution in [3.8, 4) is 0 Å². The van der Waals surface area contributed by atoms with Crippen LogP contribution in [0.1, 0.15) is 36.5 Å². The number of carbonyl (C=O) groups excluding carboxylic acids is 1. The van der Waals surface area contributed by atoms with Gasteiger partial charge in [-0.3, -0.25) is 14.9 Å². The van der Waals surface area contributed by atoms with Crippen LogP contribution in [0, 0.1) is 15.9 Å². The van der Waals surface area contributed by atoms with Gasteiger partial charge < -0.3 is 5.32 Å². The van der Waals surface area contributed by atoms with Crippen molar-refractivity contribution in [1.29, 1.82) is 0 Å². The average Bonchev–Trinajstić information content (AvgIpc) is 2.34. The molecule has 0 saturated carbocycles. The first-order valence-corrected chi connectivity index (χ1v) is 5.78.